The average Bonchev–Trinajstić information content (AvgIpc) is 3.80. The smallest absolute Gasteiger partial charge is 0.240 e. The molecule has 0 bridgehead atoms. The third-order valence-electron chi connectivity index (χ3n) is 6.85. The fourth-order valence-electron chi connectivity index (χ4n) is 4.36. The number of carbonyl (C=O) groups is 2. The van der Waals surface area contributed by atoms with E-state index in [0.29, 0.717) is 61.3 Å². The molecule has 3 aromatic carbocycles. The Kier molecular flexibility index (Phi) is 8.42. The van der Waals surface area contributed by atoms with Crippen LogP contribution in [0.5, 0.6) is 17.2 Å². The highest BCUT2D eigenvalue weighted by Gasteiger charge is 2.56. The first kappa shape index (κ1) is 28.0. The minimum absolute atomic E-state index is 0.359. The molecule has 0 radical (unpaired) electrons. The molecule has 1 fully saturated rings. The first-order valence-electron chi connectivity index (χ1n) is 13.1. The Balaban J connectivity index is 1.24. The van der Waals surface area contributed by atoms with Crippen molar-refractivity contribution in [2.45, 2.75) is 19.4 Å². The van der Waals surface area contributed by atoms with Crippen LogP contribution in [0.15, 0.2) is 72.9 Å². The lowest BCUT2D eigenvalue weighted by atomic mass is 10.0. The van der Waals surface area contributed by atoms with Crippen molar-refractivity contribution in [1.82, 2.24) is 4.98 Å². The van der Waals surface area contributed by atoms with Gasteiger partial charge in [0, 0.05) is 35.6 Å². The number of anilines is 2. The predicted octanol–water partition coefficient (Wildman–Crippen LogP) is 5.70. The third kappa shape index (κ3) is 6.45. The van der Waals surface area contributed by atoms with Crippen LogP contribution in [0.2, 0.25) is 0 Å². The molecule has 10 heteroatoms. The van der Waals surface area contributed by atoms with Crippen molar-refractivity contribution in [2.75, 3.05) is 38.1 Å². The summed E-state index contributed by atoms with van der Waals surface area (Å²) in [5.41, 5.74) is 1.41. The van der Waals surface area contributed by atoms with E-state index >= 15 is 0 Å². The van der Waals surface area contributed by atoms with E-state index in [4.69, 9.17) is 18.9 Å². The standard InChI is InChI=1S/C31H30FN3O6/c1-38-15-16-40-19-20-17-26-25(18-28(20)39-2)27(11-14-33-26)41-24-9-7-23(8-10-24)35-30(37)31(12-13-31)29(36)34-22-5-3-21(32)4-6-22/h3-11,14,17-18H,12-13,15-16,19H2,1-2H3,(H,34,36)(H,35,37). The normalized spacial score (nSPS) is 13.4. The number of rotatable bonds is 12. The van der Waals surface area contributed by atoms with Crippen LogP contribution in [0.3, 0.4) is 0 Å². The first-order valence-corrected chi connectivity index (χ1v) is 13.1. The van der Waals surface area contributed by atoms with Gasteiger partial charge in [0.05, 0.1) is 32.4 Å². The molecule has 1 aromatic heterocycles. The molecule has 2 amide bonds. The number of nitrogens with zero attached hydrogens (tertiary/aromatic N) is 1. The van der Waals surface area contributed by atoms with Crippen molar-refractivity contribution in [3.05, 3.63) is 84.3 Å². The second-order valence-electron chi connectivity index (χ2n) is 9.66. The number of benzene rings is 3. The summed E-state index contributed by atoms with van der Waals surface area (Å²) in [4.78, 5) is 30.3. The van der Waals surface area contributed by atoms with Gasteiger partial charge in [-0.2, -0.15) is 0 Å². The van der Waals surface area contributed by atoms with Crippen LogP contribution in [-0.2, 0) is 25.7 Å². The molecule has 1 saturated carbocycles. The van der Waals surface area contributed by atoms with Crippen LogP contribution in [-0.4, -0.2) is 44.2 Å². The van der Waals surface area contributed by atoms with Gasteiger partial charge in [-0.1, -0.05) is 0 Å². The summed E-state index contributed by atoms with van der Waals surface area (Å²) in [6, 6.07) is 17.8. The maximum atomic E-state index is 13.2. The summed E-state index contributed by atoms with van der Waals surface area (Å²) in [6.45, 7) is 1.33. The molecule has 0 aliphatic heterocycles. The van der Waals surface area contributed by atoms with Gasteiger partial charge < -0.3 is 29.6 Å². The Hall–Kier alpha value is -4.54. The summed E-state index contributed by atoms with van der Waals surface area (Å²) in [5, 5.41) is 6.30. The topological polar surface area (TPSA) is 108 Å². The Bertz CT molecular complexity index is 1540. The molecule has 1 aliphatic rings. The van der Waals surface area contributed by atoms with E-state index < -0.39 is 17.1 Å². The third-order valence-corrected chi connectivity index (χ3v) is 6.85. The highest BCUT2D eigenvalue weighted by atomic mass is 19.1. The molecule has 1 aliphatic carbocycles. The predicted molar refractivity (Wildman–Crippen MR) is 152 cm³/mol. The molecule has 41 heavy (non-hydrogen) atoms. The van der Waals surface area contributed by atoms with Crippen LogP contribution in [0.4, 0.5) is 15.8 Å². The van der Waals surface area contributed by atoms with Gasteiger partial charge in [0.25, 0.3) is 0 Å². The number of fused-ring (bicyclic) bond motifs is 1. The lowest BCUT2D eigenvalue weighted by Crippen LogP contribution is -2.35. The van der Waals surface area contributed by atoms with Gasteiger partial charge in [0.15, 0.2) is 0 Å². The summed E-state index contributed by atoms with van der Waals surface area (Å²) >= 11 is 0. The van der Waals surface area contributed by atoms with E-state index in [0.717, 1.165) is 16.5 Å². The number of halogens is 1. The van der Waals surface area contributed by atoms with E-state index in [1.807, 2.05) is 12.1 Å². The SMILES string of the molecule is COCCOCc1cc2nccc(Oc3ccc(NC(=O)C4(C(=O)Nc5ccc(F)cc5)CC4)cc3)c2cc1OC. The van der Waals surface area contributed by atoms with E-state index in [1.165, 1.54) is 24.3 Å². The molecule has 5 rings (SSSR count). The molecule has 0 spiro atoms. The molecule has 0 unspecified atom stereocenters. The summed E-state index contributed by atoms with van der Waals surface area (Å²) < 4.78 is 35.6. The molecule has 4 aromatic rings. The zero-order chi connectivity index (χ0) is 28.8. The number of hydrogen-bond acceptors (Lipinski definition) is 7. The van der Waals surface area contributed by atoms with E-state index in [1.54, 1.807) is 50.7 Å². The van der Waals surface area contributed by atoms with Crippen molar-refractivity contribution in [3.63, 3.8) is 0 Å². The maximum Gasteiger partial charge on any atom is 0.240 e. The molecule has 212 valence electrons. The molecule has 0 saturated heterocycles. The number of hydrogen-bond donors (Lipinski definition) is 2. The number of aromatic nitrogens is 1. The van der Waals surface area contributed by atoms with Gasteiger partial charge in [-0.25, -0.2) is 4.39 Å². The van der Waals surface area contributed by atoms with Gasteiger partial charge >= 0.3 is 0 Å². The molecular weight excluding hydrogens is 529 g/mol. The molecular formula is C31H30FN3O6. The second-order valence-corrected chi connectivity index (χ2v) is 9.66. The quantitative estimate of drug-likeness (QED) is 0.169. The van der Waals surface area contributed by atoms with E-state index in [9.17, 15) is 14.0 Å². The van der Waals surface area contributed by atoms with Gasteiger partial charge in [-0.05, 0) is 79.6 Å². The van der Waals surface area contributed by atoms with Crippen LogP contribution in [0.25, 0.3) is 10.9 Å². The zero-order valence-electron chi connectivity index (χ0n) is 22.7. The number of nitrogens with one attached hydrogen (secondary N) is 2. The Morgan fingerprint density at radius 3 is 2.15 bits per heavy atom. The Labute approximate surface area is 236 Å². The lowest BCUT2D eigenvalue weighted by molar-refractivity contribution is -0.131. The maximum absolute atomic E-state index is 13.2. The number of ether oxygens (including phenoxy) is 4. The van der Waals surface area contributed by atoms with Crippen molar-refractivity contribution < 1.29 is 32.9 Å². The summed E-state index contributed by atoms with van der Waals surface area (Å²) in [7, 11) is 3.22. The van der Waals surface area contributed by atoms with Crippen LogP contribution >= 0.6 is 0 Å². The summed E-state index contributed by atoms with van der Waals surface area (Å²) in [5.74, 6) is 0.595. The molecule has 9 nitrogen and oxygen atoms in total. The van der Waals surface area contributed by atoms with Gasteiger partial charge in [-0.3, -0.25) is 14.6 Å². The van der Waals surface area contributed by atoms with Gasteiger partial charge in [-0.15, -0.1) is 0 Å². The highest BCUT2D eigenvalue weighted by molar-refractivity contribution is 6.16. The fourth-order valence-corrected chi connectivity index (χ4v) is 4.36. The first-order chi connectivity index (χ1) is 19.9. The Morgan fingerprint density at radius 1 is 0.878 bits per heavy atom. The minimum Gasteiger partial charge on any atom is -0.496 e. The molecule has 1 heterocycles. The largest absolute Gasteiger partial charge is 0.496 e. The average molecular weight is 560 g/mol. The van der Waals surface area contributed by atoms with Crippen molar-refractivity contribution in [1.29, 1.82) is 0 Å². The van der Waals surface area contributed by atoms with Crippen LogP contribution in [0, 0.1) is 11.2 Å². The van der Waals surface area contributed by atoms with Gasteiger partial charge in [0.2, 0.25) is 11.8 Å². The summed E-state index contributed by atoms with van der Waals surface area (Å²) in [6.07, 6.45) is 2.54. The molecule has 2 N–H and O–H groups in total. The second kappa shape index (κ2) is 12.3. The fraction of sp³-hybridized carbons (Fsp3) is 0.258. The van der Waals surface area contributed by atoms with E-state index in [2.05, 4.69) is 15.6 Å². The van der Waals surface area contributed by atoms with Crippen LogP contribution < -0.4 is 20.1 Å². The van der Waals surface area contributed by atoms with Crippen LogP contribution in [0.1, 0.15) is 18.4 Å². The zero-order valence-corrected chi connectivity index (χ0v) is 22.7. The van der Waals surface area contributed by atoms with Crippen molar-refractivity contribution in [2.24, 2.45) is 5.41 Å². The minimum atomic E-state index is -1.15. The highest BCUT2D eigenvalue weighted by Crippen LogP contribution is 2.47. The monoisotopic (exact) mass is 559 g/mol. The number of pyridine rings is 1. The van der Waals surface area contributed by atoms with Gasteiger partial charge in [0.1, 0.15) is 28.5 Å². The van der Waals surface area contributed by atoms with Crippen molar-refractivity contribution >= 4 is 34.1 Å². The number of amides is 2. The van der Waals surface area contributed by atoms with Crippen molar-refractivity contribution in [3.8, 4) is 17.2 Å². The van der Waals surface area contributed by atoms with E-state index in [-0.39, 0.29) is 5.91 Å². The molecule has 0 atom stereocenters. The Morgan fingerprint density at radius 2 is 1.54 bits per heavy atom. The number of carbonyl (C=O) groups excluding carboxylic acids is 2. The lowest BCUT2D eigenvalue weighted by Gasteiger charge is -2.16. The number of methoxy groups -OCH3 is 2.